The molecule has 2 atom stereocenters. The van der Waals surface area contributed by atoms with Gasteiger partial charge < -0.3 is 0 Å². The van der Waals surface area contributed by atoms with Crippen molar-refractivity contribution in [3.05, 3.63) is 0 Å². The second kappa shape index (κ2) is 3.18. The van der Waals surface area contributed by atoms with Crippen molar-refractivity contribution >= 4 is 0 Å². The minimum absolute atomic E-state index is 0.00887. The van der Waals surface area contributed by atoms with Crippen LogP contribution in [0.2, 0.25) is 0 Å². The van der Waals surface area contributed by atoms with Gasteiger partial charge in [-0.25, -0.2) is 0 Å². The minimum atomic E-state index is -4.00. The van der Waals surface area contributed by atoms with E-state index in [-0.39, 0.29) is 11.3 Å². The third-order valence-corrected chi connectivity index (χ3v) is 3.78. The molecule has 13 heavy (non-hydrogen) atoms. The molecule has 1 fully saturated rings. The van der Waals surface area contributed by atoms with E-state index in [1.807, 2.05) is 13.8 Å². The molecule has 0 amide bonds. The summed E-state index contributed by atoms with van der Waals surface area (Å²) in [5.41, 5.74) is 0.00887. The summed E-state index contributed by atoms with van der Waals surface area (Å²) in [4.78, 5) is 0. The Labute approximate surface area is 77.5 Å². The average molecular weight is 194 g/mol. The molecular weight excluding hydrogens is 177 g/mol. The summed E-state index contributed by atoms with van der Waals surface area (Å²) < 4.78 is 37.1. The van der Waals surface area contributed by atoms with E-state index in [1.165, 1.54) is 6.92 Å². The van der Waals surface area contributed by atoms with E-state index >= 15 is 0 Å². The zero-order valence-corrected chi connectivity index (χ0v) is 8.41. The number of halogens is 3. The van der Waals surface area contributed by atoms with Crippen molar-refractivity contribution < 1.29 is 13.2 Å². The number of alkyl halides is 3. The molecule has 1 aliphatic carbocycles. The Morgan fingerprint density at radius 2 is 1.77 bits per heavy atom. The van der Waals surface area contributed by atoms with Gasteiger partial charge in [-0.3, -0.25) is 0 Å². The van der Waals surface area contributed by atoms with Gasteiger partial charge in [0, 0.05) is 0 Å². The van der Waals surface area contributed by atoms with Crippen LogP contribution in [0.1, 0.15) is 40.0 Å². The third kappa shape index (κ3) is 1.84. The second-order valence-electron chi connectivity index (χ2n) is 4.21. The standard InChI is InChI=1S/C10H17F3/c1-4-9(5-2)6-8(9)7(3)10(11,12)13/h7-8H,4-6H2,1-3H3. The van der Waals surface area contributed by atoms with E-state index in [1.54, 1.807) is 0 Å². The van der Waals surface area contributed by atoms with Crippen LogP contribution in [0.5, 0.6) is 0 Å². The molecule has 0 heterocycles. The normalized spacial score (nSPS) is 28.6. The molecule has 0 saturated heterocycles. The average Bonchev–Trinajstić information content (AvgIpc) is 2.76. The monoisotopic (exact) mass is 194 g/mol. The summed E-state index contributed by atoms with van der Waals surface area (Å²) in [6, 6.07) is 0. The molecule has 1 aliphatic rings. The van der Waals surface area contributed by atoms with Crippen molar-refractivity contribution in [2.24, 2.45) is 17.3 Å². The predicted octanol–water partition coefficient (Wildman–Crippen LogP) is 4.01. The smallest absolute Gasteiger partial charge is 0.171 e. The van der Waals surface area contributed by atoms with Crippen molar-refractivity contribution in [1.82, 2.24) is 0 Å². The van der Waals surface area contributed by atoms with Gasteiger partial charge in [-0.05, 0) is 17.8 Å². The molecular formula is C10H17F3. The van der Waals surface area contributed by atoms with E-state index in [0.29, 0.717) is 0 Å². The van der Waals surface area contributed by atoms with E-state index in [2.05, 4.69) is 0 Å². The van der Waals surface area contributed by atoms with Crippen molar-refractivity contribution in [2.45, 2.75) is 46.2 Å². The van der Waals surface area contributed by atoms with Gasteiger partial charge in [0.15, 0.2) is 0 Å². The van der Waals surface area contributed by atoms with Crippen LogP contribution in [0.4, 0.5) is 13.2 Å². The molecule has 0 aromatic rings. The highest BCUT2D eigenvalue weighted by Crippen LogP contribution is 2.63. The van der Waals surface area contributed by atoms with Crippen LogP contribution in [0.25, 0.3) is 0 Å². The Hall–Kier alpha value is -0.210. The molecule has 0 aromatic heterocycles. The minimum Gasteiger partial charge on any atom is -0.171 e. The zero-order chi connectivity index (χ0) is 10.3. The summed E-state index contributed by atoms with van der Waals surface area (Å²) in [7, 11) is 0. The Morgan fingerprint density at radius 3 is 2.00 bits per heavy atom. The van der Waals surface area contributed by atoms with Gasteiger partial charge in [0.1, 0.15) is 0 Å². The predicted molar refractivity (Wildman–Crippen MR) is 46.3 cm³/mol. The Morgan fingerprint density at radius 1 is 1.31 bits per heavy atom. The van der Waals surface area contributed by atoms with Gasteiger partial charge in [0.05, 0.1) is 5.92 Å². The first-order valence-electron chi connectivity index (χ1n) is 4.94. The maximum atomic E-state index is 12.4. The van der Waals surface area contributed by atoms with E-state index in [4.69, 9.17) is 0 Å². The summed E-state index contributed by atoms with van der Waals surface area (Å²) in [5, 5.41) is 0. The highest BCUT2D eigenvalue weighted by atomic mass is 19.4. The molecule has 78 valence electrons. The van der Waals surface area contributed by atoms with Crippen molar-refractivity contribution in [3.8, 4) is 0 Å². The molecule has 1 saturated carbocycles. The van der Waals surface area contributed by atoms with Gasteiger partial charge in [0.2, 0.25) is 0 Å². The summed E-state index contributed by atoms with van der Waals surface area (Å²) >= 11 is 0. The SMILES string of the molecule is CCC1(CC)CC1C(C)C(F)(F)F. The van der Waals surface area contributed by atoms with Crippen LogP contribution in [-0.2, 0) is 0 Å². The third-order valence-electron chi connectivity index (χ3n) is 3.78. The zero-order valence-electron chi connectivity index (χ0n) is 8.41. The first-order valence-corrected chi connectivity index (χ1v) is 4.94. The molecule has 0 N–H and O–H groups in total. The van der Waals surface area contributed by atoms with Gasteiger partial charge >= 0.3 is 6.18 Å². The largest absolute Gasteiger partial charge is 0.391 e. The summed E-state index contributed by atoms with van der Waals surface area (Å²) in [6.45, 7) is 5.30. The molecule has 0 nitrogen and oxygen atoms in total. The van der Waals surface area contributed by atoms with Crippen molar-refractivity contribution in [2.75, 3.05) is 0 Å². The van der Waals surface area contributed by atoms with Crippen LogP contribution in [0.3, 0.4) is 0 Å². The van der Waals surface area contributed by atoms with Gasteiger partial charge in [-0.2, -0.15) is 13.2 Å². The molecule has 0 spiro atoms. The fourth-order valence-electron chi connectivity index (χ4n) is 2.38. The van der Waals surface area contributed by atoms with E-state index in [0.717, 1.165) is 19.3 Å². The van der Waals surface area contributed by atoms with Gasteiger partial charge in [0.25, 0.3) is 0 Å². The lowest BCUT2D eigenvalue weighted by Gasteiger charge is -2.19. The van der Waals surface area contributed by atoms with Gasteiger partial charge in [-0.1, -0.05) is 33.6 Å². The second-order valence-corrected chi connectivity index (χ2v) is 4.21. The Balaban J connectivity index is 2.59. The van der Waals surface area contributed by atoms with E-state index in [9.17, 15) is 13.2 Å². The maximum Gasteiger partial charge on any atom is 0.391 e. The fourth-order valence-corrected chi connectivity index (χ4v) is 2.38. The lowest BCUT2D eigenvalue weighted by atomic mass is 9.91. The molecule has 0 bridgehead atoms. The molecule has 1 rings (SSSR count). The highest BCUT2D eigenvalue weighted by Gasteiger charge is 2.59. The van der Waals surface area contributed by atoms with Crippen LogP contribution < -0.4 is 0 Å². The summed E-state index contributed by atoms with van der Waals surface area (Å²) in [5.74, 6) is -1.24. The van der Waals surface area contributed by atoms with Gasteiger partial charge in [-0.15, -0.1) is 0 Å². The lowest BCUT2D eigenvalue weighted by molar-refractivity contribution is -0.177. The van der Waals surface area contributed by atoms with Crippen molar-refractivity contribution in [1.29, 1.82) is 0 Å². The molecule has 0 aliphatic heterocycles. The van der Waals surface area contributed by atoms with Crippen LogP contribution in [0, 0.1) is 17.3 Å². The number of rotatable bonds is 3. The first-order chi connectivity index (χ1) is 5.87. The molecule has 2 unspecified atom stereocenters. The number of hydrogen-bond acceptors (Lipinski definition) is 0. The number of hydrogen-bond donors (Lipinski definition) is 0. The fraction of sp³-hybridized carbons (Fsp3) is 1.00. The maximum absolute atomic E-state index is 12.4. The van der Waals surface area contributed by atoms with E-state index < -0.39 is 12.1 Å². The highest BCUT2D eigenvalue weighted by molar-refractivity contribution is 5.03. The molecule has 0 aromatic carbocycles. The molecule has 3 heteroatoms. The Bertz CT molecular complexity index is 179. The Kier molecular flexibility index (Phi) is 2.65. The van der Waals surface area contributed by atoms with Crippen molar-refractivity contribution in [3.63, 3.8) is 0 Å². The summed E-state index contributed by atoms with van der Waals surface area (Å²) in [6.07, 6.45) is -1.47. The lowest BCUT2D eigenvalue weighted by Crippen LogP contribution is -2.24. The topological polar surface area (TPSA) is 0 Å². The quantitative estimate of drug-likeness (QED) is 0.636. The first kappa shape index (κ1) is 10.9. The van der Waals surface area contributed by atoms with Crippen LogP contribution in [0.15, 0.2) is 0 Å². The molecule has 0 radical (unpaired) electrons. The van der Waals surface area contributed by atoms with Crippen LogP contribution >= 0.6 is 0 Å². The van der Waals surface area contributed by atoms with Crippen LogP contribution in [-0.4, -0.2) is 6.18 Å².